The Morgan fingerprint density at radius 3 is 2.67 bits per heavy atom. The van der Waals surface area contributed by atoms with E-state index in [1.807, 2.05) is 12.1 Å². The molecule has 0 saturated heterocycles. The SMILES string of the molecule is COc1cc(O)cnc1OCc1ccc(Cl)cc1. The van der Waals surface area contributed by atoms with Crippen molar-refractivity contribution >= 4 is 11.6 Å². The molecule has 94 valence electrons. The van der Waals surface area contributed by atoms with Crippen LogP contribution in [0.25, 0.3) is 0 Å². The molecule has 0 amide bonds. The van der Waals surface area contributed by atoms with E-state index in [2.05, 4.69) is 4.98 Å². The molecule has 1 aromatic carbocycles. The second-order valence-corrected chi connectivity index (χ2v) is 4.05. The van der Waals surface area contributed by atoms with Gasteiger partial charge in [-0.3, -0.25) is 0 Å². The molecule has 0 unspecified atom stereocenters. The zero-order valence-corrected chi connectivity index (χ0v) is 10.5. The molecule has 0 aliphatic heterocycles. The molecule has 0 spiro atoms. The van der Waals surface area contributed by atoms with Crippen LogP contribution in [0.2, 0.25) is 5.02 Å². The molecule has 4 nitrogen and oxygen atoms in total. The van der Waals surface area contributed by atoms with Gasteiger partial charge in [-0.05, 0) is 17.7 Å². The zero-order valence-electron chi connectivity index (χ0n) is 9.76. The van der Waals surface area contributed by atoms with E-state index >= 15 is 0 Å². The second-order valence-electron chi connectivity index (χ2n) is 3.62. The molecular formula is C13H12ClNO3. The Morgan fingerprint density at radius 2 is 2.00 bits per heavy atom. The van der Waals surface area contributed by atoms with Crippen LogP contribution in [0, 0.1) is 0 Å². The minimum absolute atomic E-state index is 0.0330. The van der Waals surface area contributed by atoms with Crippen LogP contribution < -0.4 is 9.47 Å². The Hall–Kier alpha value is -1.94. The number of halogens is 1. The molecule has 1 N–H and O–H groups in total. The molecule has 0 radical (unpaired) electrons. The first-order chi connectivity index (χ1) is 8.69. The van der Waals surface area contributed by atoms with Crippen molar-refractivity contribution in [1.82, 2.24) is 4.98 Å². The molecule has 0 bridgehead atoms. The van der Waals surface area contributed by atoms with E-state index in [9.17, 15) is 5.11 Å². The average Bonchev–Trinajstić information content (AvgIpc) is 2.39. The number of hydrogen-bond donors (Lipinski definition) is 1. The summed E-state index contributed by atoms with van der Waals surface area (Å²) in [6.07, 6.45) is 1.31. The predicted molar refractivity (Wildman–Crippen MR) is 68.2 cm³/mol. The Balaban J connectivity index is 2.08. The van der Waals surface area contributed by atoms with E-state index < -0.39 is 0 Å². The van der Waals surface area contributed by atoms with Crippen LogP contribution in [-0.4, -0.2) is 17.2 Å². The van der Waals surface area contributed by atoms with Gasteiger partial charge in [0.05, 0.1) is 13.3 Å². The minimum atomic E-state index is 0.0330. The number of hydrogen-bond acceptors (Lipinski definition) is 4. The minimum Gasteiger partial charge on any atom is -0.506 e. The van der Waals surface area contributed by atoms with Crippen molar-refractivity contribution in [2.24, 2.45) is 0 Å². The Bertz CT molecular complexity index is 528. The van der Waals surface area contributed by atoms with Crippen molar-refractivity contribution in [2.45, 2.75) is 6.61 Å². The topological polar surface area (TPSA) is 51.6 Å². The zero-order chi connectivity index (χ0) is 13.0. The summed E-state index contributed by atoms with van der Waals surface area (Å²) < 4.78 is 10.6. The van der Waals surface area contributed by atoms with E-state index in [0.29, 0.717) is 23.3 Å². The Labute approximate surface area is 110 Å². The highest BCUT2D eigenvalue weighted by Crippen LogP contribution is 2.28. The molecule has 0 saturated carbocycles. The van der Waals surface area contributed by atoms with E-state index in [1.54, 1.807) is 12.1 Å². The Morgan fingerprint density at radius 1 is 1.28 bits per heavy atom. The summed E-state index contributed by atoms with van der Waals surface area (Å²) in [7, 11) is 1.49. The summed E-state index contributed by atoms with van der Waals surface area (Å²) in [5.41, 5.74) is 0.969. The first-order valence-electron chi connectivity index (χ1n) is 5.29. The van der Waals surface area contributed by atoms with Gasteiger partial charge < -0.3 is 14.6 Å². The van der Waals surface area contributed by atoms with Gasteiger partial charge in [0.1, 0.15) is 12.4 Å². The molecule has 0 atom stereocenters. The maximum absolute atomic E-state index is 9.27. The molecular weight excluding hydrogens is 254 g/mol. The first kappa shape index (κ1) is 12.5. The van der Waals surface area contributed by atoms with Crippen LogP contribution in [0.4, 0.5) is 0 Å². The fraction of sp³-hybridized carbons (Fsp3) is 0.154. The molecule has 0 aliphatic rings. The molecule has 1 heterocycles. The molecule has 2 rings (SSSR count). The fourth-order valence-corrected chi connectivity index (χ4v) is 1.53. The van der Waals surface area contributed by atoms with E-state index in [-0.39, 0.29) is 5.75 Å². The van der Waals surface area contributed by atoms with Crippen molar-refractivity contribution in [2.75, 3.05) is 7.11 Å². The third-order valence-corrected chi connectivity index (χ3v) is 2.56. The summed E-state index contributed by atoms with van der Waals surface area (Å²) in [6, 6.07) is 8.78. The number of rotatable bonds is 4. The highest BCUT2D eigenvalue weighted by molar-refractivity contribution is 6.30. The highest BCUT2D eigenvalue weighted by atomic mass is 35.5. The molecule has 18 heavy (non-hydrogen) atoms. The van der Waals surface area contributed by atoms with Crippen LogP contribution in [0.3, 0.4) is 0 Å². The lowest BCUT2D eigenvalue weighted by Gasteiger charge is -2.09. The van der Waals surface area contributed by atoms with Crippen LogP contribution in [0.1, 0.15) is 5.56 Å². The number of aromatic hydroxyl groups is 1. The maximum atomic E-state index is 9.27. The lowest BCUT2D eigenvalue weighted by Crippen LogP contribution is -1.99. The second kappa shape index (κ2) is 5.60. The quantitative estimate of drug-likeness (QED) is 0.923. The number of methoxy groups -OCH3 is 1. The standard InChI is InChI=1S/C13H12ClNO3/c1-17-12-6-11(16)7-15-13(12)18-8-9-2-4-10(14)5-3-9/h2-7,16H,8H2,1H3. The lowest BCUT2D eigenvalue weighted by molar-refractivity contribution is 0.271. The van der Waals surface area contributed by atoms with Gasteiger partial charge >= 0.3 is 0 Å². The van der Waals surface area contributed by atoms with Gasteiger partial charge in [0.25, 0.3) is 5.88 Å². The Kier molecular flexibility index (Phi) is 3.89. The van der Waals surface area contributed by atoms with E-state index in [4.69, 9.17) is 21.1 Å². The number of pyridine rings is 1. The lowest BCUT2D eigenvalue weighted by atomic mass is 10.2. The van der Waals surface area contributed by atoms with E-state index in [1.165, 1.54) is 19.4 Å². The van der Waals surface area contributed by atoms with Crippen molar-refractivity contribution in [3.05, 3.63) is 47.1 Å². The van der Waals surface area contributed by atoms with Gasteiger partial charge in [-0.2, -0.15) is 0 Å². The number of aromatic nitrogens is 1. The van der Waals surface area contributed by atoms with Crippen molar-refractivity contribution < 1.29 is 14.6 Å². The smallest absolute Gasteiger partial charge is 0.257 e. The normalized spacial score (nSPS) is 10.1. The van der Waals surface area contributed by atoms with Crippen molar-refractivity contribution in [3.8, 4) is 17.4 Å². The van der Waals surface area contributed by atoms with Gasteiger partial charge in [-0.25, -0.2) is 4.98 Å². The molecule has 5 heteroatoms. The fourth-order valence-electron chi connectivity index (χ4n) is 1.41. The predicted octanol–water partition coefficient (Wildman–Crippen LogP) is 3.03. The highest BCUT2D eigenvalue weighted by Gasteiger charge is 2.07. The van der Waals surface area contributed by atoms with Crippen LogP contribution in [-0.2, 0) is 6.61 Å². The number of benzene rings is 1. The van der Waals surface area contributed by atoms with Gasteiger partial charge in [0, 0.05) is 11.1 Å². The first-order valence-corrected chi connectivity index (χ1v) is 5.67. The molecule has 0 aliphatic carbocycles. The molecule has 0 fully saturated rings. The van der Waals surface area contributed by atoms with Gasteiger partial charge in [0.15, 0.2) is 5.75 Å². The summed E-state index contributed by atoms with van der Waals surface area (Å²) in [5, 5.41) is 9.95. The van der Waals surface area contributed by atoms with Crippen molar-refractivity contribution in [3.63, 3.8) is 0 Å². The van der Waals surface area contributed by atoms with Gasteiger partial charge in [0.2, 0.25) is 0 Å². The average molecular weight is 266 g/mol. The summed E-state index contributed by atoms with van der Waals surface area (Å²) in [5.74, 6) is 0.764. The van der Waals surface area contributed by atoms with Gasteiger partial charge in [-0.15, -0.1) is 0 Å². The third kappa shape index (κ3) is 3.05. The number of ether oxygens (including phenoxy) is 2. The van der Waals surface area contributed by atoms with Gasteiger partial charge in [-0.1, -0.05) is 23.7 Å². The maximum Gasteiger partial charge on any atom is 0.257 e. The third-order valence-electron chi connectivity index (χ3n) is 2.31. The van der Waals surface area contributed by atoms with E-state index in [0.717, 1.165) is 5.56 Å². The molecule has 1 aromatic heterocycles. The summed E-state index contributed by atoms with van der Waals surface area (Å²) in [6.45, 7) is 0.352. The summed E-state index contributed by atoms with van der Waals surface area (Å²) >= 11 is 5.79. The summed E-state index contributed by atoms with van der Waals surface area (Å²) in [4.78, 5) is 3.96. The van der Waals surface area contributed by atoms with Crippen molar-refractivity contribution in [1.29, 1.82) is 0 Å². The number of nitrogens with zero attached hydrogens (tertiary/aromatic N) is 1. The molecule has 2 aromatic rings. The monoisotopic (exact) mass is 265 g/mol. The van der Waals surface area contributed by atoms with Crippen LogP contribution in [0.5, 0.6) is 17.4 Å². The van der Waals surface area contributed by atoms with Crippen LogP contribution in [0.15, 0.2) is 36.5 Å². The van der Waals surface area contributed by atoms with Crippen LogP contribution >= 0.6 is 11.6 Å². The largest absolute Gasteiger partial charge is 0.506 e.